The molecule has 122 valence electrons. The largest absolute Gasteiger partial charge is 0.496 e. The van der Waals surface area contributed by atoms with E-state index in [1.165, 1.54) is 38.5 Å². The maximum Gasteiger partial charge on any atom is 0.342 e. The lowest BCUT2D eigenvalue weighted by Gasteiger charge is -2.37. The van der Waals surface area contributed by atoms with E-state index in [2.05, 4.69) is 7.05 Å². The van der Waals surface area contributed by atoms with Crippen molar-refractivity contribution in [1.82, 2.24) is 0 Å². The second-order valence-electron chi connectivity index (χ2n) is 6.06. The first-order chi connectivity index (χ1) is 10.4. The Balaban J connectivity index is 1.96. The maximum absolute atomic E-state index is 12.2. The van der Waals surface area contributed by atoms with Crippen LogP contribution in [0.3, 0.4) is 0 Å². The van der Waals surface area contributed by atoms with Crippen molar-refractivity contribution < 1.29 is 18.8 Å². The van der Waals surface area contributed by atoms with E-state index in [4.69, 9.17) is 26.8 Å². The molecule has 0 atom stereocenters. The Bertz CT molecular complexity index is 542. The van der Waals surface area contributed by atoms with Crippen molar-refractivity contribution in [1.29, 1.82) is 0 Å². The molecule has 5 nitrogen and oxygen atoms in total. The minimum absolute atomic E-state index is 0.308. The molecule has 0 aromatic heterocycles. The van der Waals surface area contributed by atoms with Gasteiger partial charge in [-0.2, -0.15) is 0 Å². The summed E-state index contributed by atoms with van der Waals surface area (Å²) in [7, 11) is 3.70. The first-order valence-corrected chi connectivity index (χ1v) is 7.97. The summed E-state index contributed by atoms with van der Waals surface area (Å²) in [6.45, 7) is 3.51. The lowest BCUT2D eigenvalue weighted by Crippen LogP contribution is -2.49. The number of piperidine rings is 1. The second kappa shape index (κ2) is 7.20. The molecule has 1 fully saturated rings. The smallest absolute Gasteiger partial charge is 0.342 e. The van der Waals surface area contributed by atoms with Crippen LogP contribution >= 0.6 is 11.6 Å². The summed E-state index contributed by atoms with van der Waals surface area (Å²) in [4.78, 5) is 12.2. The van der Waals surface area contributed by atoms with Gasteiger partial charge in [0.05, 0.1) is 38.0 Å². The standard InChI is InChI=1S/C16H23ClN2O3/c1-19(6-4-3-5-7-19)8-9-22-16(20)12-10-13(17)14(18)11-15(12)21-2/h10-11H,3-9H2,1-2H3,(H-,18,20)/p+1. The van der Waals surface area contributed by atoms with Crippen LogP contribution in [0.5, 0.6) is 5.75 Å². The number of nitrogen functional groups attached to an aromatic ring is 1. The lowest BCUT2D eigenvalue weighted by molar-refractivity contribution is -0.914. The molecule has 0 spiro atoms. The number of rotatable bonds is 5. The SMILES string of the molecule is COc1cc(N)c(Cl)cc1C(=O)OCC[N+]1(C)CCCCC1. The number of benzene rings is 1. The highest BCUT2D eigenvalue weighted by atomic mass is 35.5. The van der Waals surface area contributed by atoms with Crippen LogP contribution in [-0.4, -0.2) is 50.9 Å². The topological polar surface area (TPSA) is 61.5 Å². The summed E-state index contributed by atoms with van der Waals surface area (Å²) in [6, 6.07) is 3.03. The quantitative estimate of drug-likeness (QED) is 0.513. The third-order valence-electron chi connectivity index (χ3n) is 4.30. The van der Waals surface area contributed by atoms with Crippen molar-refractivity contribution in [2.24, 2.45) is 0 Å². The van der Waals surface area contributed by atoms with Gasteiger partial charge in [0.2, 0.25) is 0 Å². The van der Waals surface area contributed by atoms with Gasteiger partial charge in [-0.25, -0.2) is 4.79 Å². The Hall–Kier alpha value is -1.46. The molecule has 2 N–H and O–H groups in total. The summed E-state index contributed by atoms with van der Waals surface area (Å²) in [5, 5.41) is 0.322. The van der Waals surface area contributed by atoms with E-state index in [9.17, 15) is 4.79 Å². The highest BCUT2D eigenvalue weighted by molar-refractivity contribution is 6.33. The first kappa shape index (κ1) is 16.9. The van der Waals surface area contributed by atoms with Crippen LogP contribution < -0.4 is 10.5 Å². The van der Waals surface area contributed by atoms with Gasteiger partial charge in [-0.05, 0) is 25.3 Å². The summed E-state index contributed by atoms with van der Waals surface area (Å²) < 4.78 is 11.5. The van der Waals surface area contributed by atoms with Crippen molar-refractivity contribution in [2.45, 2.75) is 19.3 Å². The van der Waals surface area contributed by atoms with Gasteiger partial charge in [0.15, 0.2) is 0 Å². The van der Waals surface area contributed by atoms with Crippen LogP contribution in [0, 0.1) is 0 Å². The van der Waals surface area contributed by atoms with E-state index < -0.39 is 5.97 Å². The molecular formula is C16H24ClN2O3+. The summed E-state index contributed by atoms with van der Waals surface area (Å²) in [5.74, 6) is -0.0485. The van der Waals surface area contributed by atoms with E-state index in [0.717, 1.165) is 24.1 Å². The molecular weight excluding hydrogens is 304 g/mol. The summed E-state index contributed by atoms with van der Waals surface area (Å²) in [5.41, 5.74) is 6.40. The fourth-order valence-electron chi connectivity index (χ4n) is 2.83. The van der Waals surface area contributed by atoms with Crippen LogP contribution in [0.2, 0.25) is 5.02 Å². The van der Waals surface area contributed by atoms with Crippen molar-refractivity contribution in [2.75, 3.05) is 46.1 Å². The Morgan fingerprint density at radius 3 is 2.64 bits per heavy atom. The third kappa shape index (κ3) is 4.05. The fraction of sp³-hybridized carbons (Fsp3) is 0.562. The van der Waals surface area contributed by atoms with Gasteiger partial charge in [0.1, 0.15) is 24.5 Å². The molecule has 1 heterocycles. The van der Waals surface area contributed by atoms with Crippen LogP contribution in [0.4, 0.5) is 5.69 Å². The molecule has 1 aliphatic heterocycles. The highest BCUT2D eigenvalue weighted by Gasteiger charge is 2.25. The van der Waals surface area contributed by atoms with Crippen LogP contribution in [0.1, 0.15) is 29.6 Å². The molecule has 22 heavy (non-hydrogen) atoms. The van der Waals surface area contributed by atoms with Gasteiger partial charge in [0, 0.05) is 6.07 Å². The molecule has 1 aromatic rings. The number of likely N-dealkylation sites (tertiary alicyclic amines) is 1. The fourth-order valence-corrected chi connectivity index (χ4v) is 3.00. The van der Waals surface area contributed by atoms with Gasteiger partial charge >= 0.3 is 5.97 Å². The lowest BCUT2D eigenvalue weighted by atomic mass is 10.1. The Kier molecular flexibility index (Phi) is 5.53. The molecule has 0 amide bonds. The predicted molar refractivity (Wildman–Crippen MR) is 87.3 cm³/mol. The van der Waals surface area contributed by atoms with Crippen molar-refractivity contribution in [3.05, 3.63) is 22.7 Å². The second-order valence-corrected chi connectivity index (χ2v) is 6.47. The minimum atomic E-state index is -0.428. The Labute approximate surface area is 136 Å². The van der Waals surface area contributed by atoms with Crippen LogP contribution in [-0.2, 0) is 4.74 Å². The Morgan fingerprint density at radius 2 is 2.00 bits per heavy atom. The predicted octanol–water partition coefficient (Wildman–Crippen LogP) is 2.72. The van der Waals surface area contributed by atoms with Gasteiger partial charge in [-0.3, -0.25) is 0 Å². The number of halogens is 1. The number of hydrogen-bond donors (Lipinski definition) is 1. The van der Waals surface area contributed by atoms with E-state index in [1.54, 1.807) is 0 Å². The maximum atomic E-state index is 12.2. The number of ether oxygens (including phenoxy) is 2. The molecule has 1 aliphatic rings. The molecule has 1 aromatic carbocycles. The van der Waals surface area contributed by atoms with Gasteiger partial charge in [-0.1, -0.05) is 11.6 Å². The van der Waals surface area contributed by atoms with Crippen molar-refractivity contribution in [3.8, 4) is 5.75 Å². The van der Waals surface area contributed by atoms with Crippen molar-refractivity contribution >= 4 is 23.3 Å². The summed E-state index contributed by atoms with van der Waals surface area (Å²) in [6.07, 6.45) is 3.78. The zero-order valence-electron chi connectivity index (χ0n) is 13.2. The van der Waals surface area contributed by atoms with Gasteiger partial charge in [0.25, 0.3) is 0 Å². The highest BCUT2D eigenvalue weighted by Crippen LogP contribution is 2.29. The summed E-state index contributed by atoms with van der Waals surface area (Å²) >= 11 is 5.97. The van der Waals surface area contributed by atoms with Gasteiger partial charge < -0.3 is 19.7 Å². The van der Waals surface area contributed by atoms with Crippen LogP contribution in [0.15, 0.2) is 12.1 Å². The van der Waals surface area contributed by atoms with Crippen LogP contribution in [0.25, 0.3) is 0 Å². The first-order valence-electron chi connectivity index (χ1n) is 7.59. The molecule has 0 unspecified atom stereocenters. The number of likely N-dealkylation sites (N-methyl/N-ethyl adjacent to an activating group) is 1. The van der Waals surface area contributed by atoms with Gasteiger partial charge in [-0.15, -0.1) is 0 Å². The number of hydrogen-bond acceptors (Lipinski definition) is 4. The monoisotopic (exact) mass is 327 g/mol. The number of nitrogens with zero attached hydrogens (tertiary/aromatic N) is 1. The number of nitrogens with two attached hydrogens (primary N) is 1. The third-order valence-corrected chi connectivity index (χ3v) is 4.63. The number of anilines is 1. The average molecular weight is 328 g/mol. The molecule has 1 saturated heterocycles. The Morgan fingerprint density at radius 1 is 1.32 bits per heavy atom. The number of carbonyl (C=O) groups excluding carboxylic acids is 1. The molecule has 2 rings (SSSR count). The number of esters is 1. The van der Waals surface area contributed by atoms with E-state index in [1.807, 2.05) is 0 Å². The van der Waals surface area contributed by atoms with E-state index in [0.29, 0.717) is 28.6 Å². The number of methoxy groups -OCH3 is 1. The molecule has 6 heteroatoms. The van der Waals surface area contributed by atoms with E-state index in [-0.39, 0.29) is 0 Å². The minimum Gasteiger partial charge on any atom is -0.496 e. The zero-order chi connectivity index (χ0) is 16.2. The zero-order valence-corrected chi connectivity index (χ0v) is 14.0. The number of carbonyl (C=O) groups is 1. The molecule has 0 radical (unpaired) electrons. The van der Waals surface area contributed by atoms with Crippen molar-refractivity contribution in [3.63, 3.8) is 0 Å². The number of quaternary nitrogens is 1. The van der Waals surface area contributed by atoms with E-state index >= 15 is 0 Å². The molecule has 0 aliphatic carbocycles. The molecule has 0 bridgehead atoms. The average Bonchev–Trinajstić information content (AvgIpc) is 2.50. The molecule has 0 saturated carbocycles. The normalized spacial score (nSPS) is 17.0.